The third kappa shape index (κ3) is 3.27. The summed E-state index contributed by atoms with van der Waals surface area (Å²) in [5, 5.41) is 4.75. The van der Waals surface area contributed by atoms with Crippen LogP contribution >= 0.6 is 0 Å². The smallest absolute Gasteiger partial charge is 0.0817 e. The molecule has 2 aromatic rings. The molecule has 1 aliphatic rings. The van der Waals surface area contributed by atoms with Crippen molar-refractivity contribution in [2.45, 2.75) is 44.8 Å². The van der Waals surface area contributed by atoms with E-state index in [1.54, 1.807) is 0 Å². The van der Waals surface area contributed by atoms with Crippen LogP contribution in [0.2, 0.25) is 0 Å². The molecule has 0 unspecified atom stereocenters. The zero-order chi connectivity index (χ0) is 14.7. The van der Waals surface area contributed by atoms with Gasteiger partial charge in [-0.3, -0.25) is 4.68 Å². The summed E-state index contributed by atoms with van der Waals surface area (Å²) in [6.45, 7) is 1.41. The Bertz CT molecular complexity index is 584. The molecular formula is C17H24N4. The lowest BCUT2D eigenvalue weighted by Gasteiger charge is -2.19. The fraction of sp³-hybridized carbons (Fsp3) is 0.471. The van der Waals surface area contributed by atoms with Gasteiger partial charge in [0.25, 0.3) is 0 Å². The van der Waals surface area contributed by atoms with Crippen molar-refractivity contribution < 1.29 is 0 Å². The van der Waals surface area contributed by atoms with E-state index in [9.17, 15) is 0 Å². The highest BCUT2D eigenvalue weighted by atomic mass is 15.3. The molecule has 0 radical (unpaired) electrons. The number of anilines is 1. The maximum atomic E-state index is 5.71. The molecule has 1 aromatic carbocycles. The van der Waals surface area contributed by atoms with E-state index in [0.29, 0.717) is 12.6 Å². The Hall–Kier alpha value is -1.81. The van der Waals surface area contributed by atoms with Crippen LogP contribution in [0, 0.1) is 0 Å². The summed E-state index contributed by atoms with van der Waals surface area (Å²) in [6.07, 6.45) is 7.36. The van der Waals surface area contributed by atoms with Gasteiger partial charge in [-0.05, 0) is 36.6 Å². The van der Waals surface area contributed by atoms with Crippen molar-refractivity contribution in [3.8, 4) is 0 Å². The molecule has 0 amide bonds. The number of nitrogens with two attached hydrogens (primary N) is 1. The number of aromatic nitrogens is 2. The van der Waals surface area contributed by atoms with Gasteiger partial charge in [0.05, 0.1) is 18.3 Å². The molecule has 1 fully saturated rings. The molecule has 3 rings (SSSR count). The second-order valence-electron chi connectivity index (χ2n) is 5.96. The molecular weight excluding hydrogens is 260 g/mol. The average molecular weight is 284 g/mol. The van der Waals surface area contributed by atoms with Crippen LogP contribution in [0.5, 0.6) is 0 Å². The van der Waals surface area contributed by atoms with Crippen LogP contribution in [-0.2, 0) is 13.1 Å². The van der Waals surface area contributed by atoms with Crippen molar-refractivity contribution in [2.24, 2.45) is 5.73 Å². The summed E-state index contributed by atoms with van der Waals surface area (Å²) < 4.78 is 2.16. The first-order valence-corrected chi connectivity index (χ1v) is 7.80. The Balaban J connectivity index is 1.67. The molecule has 1 heterocycles. The first kappa shape index (κ1) is 14.1. The topological polar surface area (TPSA) is 47.1 Å². The highest BCUT2D eigenvalue weighted by molar-refractivity contribution is 5.48. The van der Waals surface area contributed by atoms with Crippen LogP contribution in [0.3, 0.4) is 0 Å². The predicted octanol–water partition coefficient (Wildman–Crippen LogP) is 3.09. The summed E-state index contributed by atoms with van der Waals surface area (Å²) >= 11 is 0. The van der Waals surface area contributed by atoms with E-state index < -0.39 is 0 Å². The minimum atomic E-state index is 0.581. The highest BCUT2D eigenvalue weighted by Gasteiger charge is 2.17. The van der Waals surface area contributed by atoms with Gasteiger partial charge in [0.2, 0.25) is 0 Å². The summed E-state index contributed by atoms with van der Waals surface area (Å²) in [5.74, 6) is 0. The molecule has 1 aliphatic carbocycles. The molecule has 0 atom stereocenters. The van der Waals surface area contributed by atoms with E-state index in [4.69, 9.17) is 10.8 Å². The molecule has 1 saturated carbocycles. The first-order chi connectivity index (χ1) is 10.3. The second-order valence-corrected chi connectivity index (χ2v) is 5.96. The number of hydrogen-bond donors (Lipinski definition) is 1. The molecule has 4 heteroatoms. The maximum absolute atomic E-state index is 5.71. The van der Waals surface area contributed by atoms with Gasteiger partial charge in [-0.2, -0.15) is 5.10 Å². The van der Waals surface area contributed by atoms with Crippen LogP contribution < -0.4 is 10.6 Å². The Kier molecular flexibility index (Phi) is 4.25. The number of benzene rings is 1. The zero-order valence-electron chi connectivity index (χ0n) is 12.7. The number of nitrogens with zero attached hydrogens (tertiary/aromatic N) is 3. The fourth-order valence-corrected chi connectivity index (χ4v) is 3.09. The van der Waals surface area contributed by atoms with E-state index in [-0.39, 0.29) is 0 Å². The van der Waals surface area contributed by atoms with Crippen LogP contribution in [-0.4, -0.2) is 16.8 Å². The van der Waals surface area contributed by atoms with Gasteiger partial charge >= 0.3 is 0 Å². The van der Waals surface area contributed by atoms with Gasteiger partial charge in [-0.15, -0.1) is 0 Å². The minimum absolute atomic E-state index is 0.581. The Morgan fingerprint density at radius 3 is 2.86 bits per heavy atom. The first-order valence-electron chi connectivity index (χ1n) is 7.80. The number of hydrogen-bond acceptors (Lipinski definition) is 3. The SMILES string of the molecule is CN(Cc1ccn(C2CCCC2)n1)c1cccc(CN)c1. The van der Waals surface area contributed by atoms with E-state index in [1.807, 2.05) is 0 Å². The normalized spacial score (nSPS) is 15.5. The zero-order valence-corrected chi connectivity index (χ0v) is 12.7. The largest absolute Gasteiger partial charge is 0.369 e. The Labute approximate surface area is 126 Å². The minimum Gasteiger partial charge on any atom is -0.369 e. The van der Waals surface area contributed by atoms with Crippen molar-refractivity contribution in [1.82, 2.24) is 9.78 Å². The molecule has 0 bridgehead atoms. The summed E-state index contributed by atoms with van der Waals surface area (Å²) in [6, 6.07) is 11.1. The lowest BCUT2D eigenvalue weighted by molar-refractivity contribution is 0.463. The van der Waals surface area contributed by atoms with Crippen molar-refractivity contribution in [1.29, 1.82) is 0 Å². The molecule has 1 aromatic heterocycles. The molecule has 0 spiro atoms. The standard InChI is InChI=1S/C17H24N4/c1-20(17-8-4-5-14(11-17)12-18)13-15-9-10-21(19-15)16-6-2-3-7-16/h4-5,8-11,16H,2-3,6-7,12-13,18H2,1H3. The van der Waals surface area contributed by atoms with E-state index in [2.05, 4.69) is 53.2 Å². The van der Waals surface area contributed by atoms with Crippen molar-refractivity contribution in [3.63, 3.8) is 0 Å². The monoisotopic (exact) mass is 284 g/mol. The lowest BCUT2D eigenvalue weighted by atomic mass is 10.2. The van der Waals surface area contributed by atoms with E-state index in [0.717, 1.165) is 17.8 Å². The van der Waals surface area contributed by atoms with Gasteiger partial charge in [-0.25, -0.2) is 0 Å². The highest BCUT2D eigenvalue weighted by Crippen LogP contribution is 2.28. The van der Waals surface area contributed by atoms with E-state index >= 15 is 0 Å². The average Bonchev–Trinajstić information content (AvgIpc) is 3.18. The van der Waals surface area contributed by atoms with Gasteiger partial charge in [0.15, 0.2) is 0 Å². The van der Waals surface area contributed by atoms with Gasteiger partial charge in [0, 0.05) is 25.5 Å². The fourth-order valence-electron chi connectivity index (χ4n) is 3.09. The molecule has 4 nitrogen and oxygen atoms in total. The summed E-state index contributed by atoms with van der Waals surface area (Å²) in [7, 11) is 2.10. The van der Waals surface area contributed by atoms with Gasteiger partial charge in [-0.1, -0.05) is 25.0 Å². The second kappa shape index (κ2) is 6.31. The van der Waals surface area contributed by atoms with Gasteiger partial charge in [0.1, 0.15) is 0 Å². The Morgan fingerprint density at radius 1 is 1.29 bits per heavy atom. The van der Waals surface area contributed by atoms with Crippen molar-refractivity contribution >= 4 is 5.69 Å². The molecule has 21 heavy (non-hydrogen) atoms. The van der Waals surface area contributed by atoms with Gasteiger partial charge < -0.3 is 10.6 Å². The molecule has 2 N–H and O–H groups in total. The molecule has 112 valence electrons. The Morgan fingerprint density at radius 2 is 2.10 bits per heavy atom. The quantitative estimate of drug-likeness (QED) is 0.917. The molecule has 0 aliphatic heterocycles. The van der Waals surface area contributed by atoms with Crippen molar-refractivity contribution in [3.05, 3.63) is 47.8 Å². The van der Waals surface area contributed by atoms with Crippen LogP contribution in [0.25, 0.3) is 0 Å². The maximum Gasteiger partial charge on any atom is 0.0817 e. The predicted molar refractivity (Wildman–Crippen MR) is 86.2 cm³/mol. The summed E-state index contributed by atoms with van der Waals surface area (Å²) in [5.41, 5.74) is 9.19. The van der Waals surface area contributed by atoms with Crippen molar-refractivity contribution in [2.75, 3.05) is 11.9 Å². The third-order valence-electron chi connectivity index (χ3n) is 4.35. The van der Waals surface area contributed by atoms with Crippen LogP contribution in [0.1, 0.15) is 43.0 Å². The lowest BCUT2D eigenvalue weighted by Crippen LogP contribution is -2.17. The van der Waals surface area contributed by atoms with Crippen LogP contribution in [0.4, 0.5) is 5.69 Å². The number of rotatable bonds is 5. The summed E-state index contributed by atoms with van der Waals surface area (Å²) in [4.78, 5) is 2.22. The van der Waals surface area contributed by atoms with Crippen LogP contribution in [0.15, 0.2) is 36.5 Å². The molecule has 0 saturated heterocycles. The van der Waals surface area contributed by atoms with E-state index in [1.165, 1.54) is 31.4 Å². The third-order valence-corrected chi connectivity index (χ3v) is 4.35.